The Balaban J connectivity index is 1.71. The molecule has 31 heavy (non-hydrogen) atoms. The Morgan fingerprint density at radius 3 is 2.52 bits per heavy atom. The van der Waals surface area contributed by atoms with Crippen molar-refractivity contribution in [2.45, 2.75) is 58.5 Å². The van der Waals surface area contributed by atoms with E-state index in [1.807, 2.05) is 18.2 Å². The first-order valence-electron chi connectivity index (χ1n) is 11.4. The van der Waals surface area contributed by atoms with E-state index in [2.05, 4.69) is 62.0 Å². The van der Waals surface area contributed by atoms with Gasteiger partial charge in [-0.25, -0.2) is 0 Å². The number of carbonyl (C=O) groups excluding carboxylic acids is 1. The number of nitrogens with two attached hydrogens (primary N) is 1. The highest BCUT2D eigenvalue weighted by molar-refractivity contribution is 6.20. The van der Waals surface area contributed by atoms with Gasteiger partial charge in [0.2, 0.25) is 0 Å². The molecule has 0 spiro atoms. The number of ketones is 1. The average molecular weight is 417 g/mol. The van der Waals surface area contributed by atoms with Crippen molar-refractivity contribution in [2.75, 3.05) is 23.7 Å². The van der Waals surface area contributed by atoms with Crippen molar-refractivity contribution in [2.24, 2.45) is 0 Å². The number of nitrogens with zero attached hydrogens (tertiary/aromatic N) is 1. The number of piperazine rings is 1. The predicted octanol–water partition coefficient (Wildman–Crippen LogP) is 4.37. The molecule has 3 aromatic rings. The normalized spacial score (nSPS) is 22.5. The number of nitrogens with one attached hydrogen (secondary N) is 2. The minimum Gasteiger partial charge on any atom is -0.399 e. The first-order chi connectivity index (χ1) is 14.7. The van der Waals surface area contributed by atoms with Crippen molar-refractivity contribution in [3.8, 4) is 0 Å². The van der Waals surface area contributed by atoms with Crippen molar-refractivity contribution >= 4 is 28.1 Å². The number of hydrogen-bond donors (Lipinski definition) is 3. The third-order valence-electron chi connectivity index (χ3n) is 7.09. The summed E-state index contributed by atoms with van der Waals surface area (Å²) in [6.45, 7) is 13.0. The molecule has 5 nitrogen and oxygen atoms in total. The standard InChI is InChI=1S/C26H32N4O/c1-6-16-9-19-20(11-22(16)30-12-14(2)28-15(3)13-30)26(4,5)25-23(24(19)31)18-8-7-17(27)10-21(18)29-25/h7-11,14-15,28-29H,6,12-13,27H2,1-5H3/t14-,15+. The lowest BCUT2D eigenvalue weighted by molar-refractivity contribution is 0.103. The van der Waals surface area contributed by atoms with E-state index >= 15 is 0 Å². The number of hydrogen-bond acceptors (Lipinski definition) is 4. The fourth-order valence-electron chi connectivity index (χ4n) is 5.63. The van der Waals surface area contributed by atoms with E-state index in [4.69, 9.17) is 5.73 Å². The van der Waals surface area contributed by atoms with E-state index in [0.717, 1.165) is 52.8 Å². The zero-order valence-corrected chi connectivity index (χ0v) is 19.1. The van der Waals surface area contributed by atoms with E-state index in [1.165, 1.54) is 11.3 Å². The van der Waals surface area contributed by atoms with Gasteiger partial charge in [0.15, 0.2) is 5.78 Å². The highest BCUT2D eigenvalue weighted by Gasteiger charge is 2.40. The molecule has 1 saturated heterocycles. The fraction of sp³-hybridized carbons (Fsp3) is 0.423. The number of anilines is 2. The third-order valence-corrected chi connectivity index (χ3v) is 7.09. The minimum absolute atomic E-state index is 0.114. The van der Waals surface area contributed by atoms with Crippen LogP contribution in [-0.4, -0.2) is 35.9 Å². The van der Waals surface area contributed by atoms with E-state index in [-0.39, 0.29) is 11.2 Å². The molecule has 1 aliphatic heterocycles. The molecule has 4 N–H and O–H groups in total. The molecule has 2 heterocycles. The number of aryl methyl sites for hydroxylation is 1. The molecule has 2 atom stereocenters. The summed E-state index contributed by atoms with van der Waals surface area (Å²) < 4.78 is 0. The molecule has 2 aliphatic rings. The first-order valence-corrected chi connectivity index (χ1v) is 11.4. The molecule has 1 aromatic heterocycles. The van der Waals surface area contributed by atoms with Gasteiger partial charge in [-0.3, -0.25) is 4.79 Å². The number of rotatable bonds is 2. The largest absolute Gasteiger partial charge is 0.399 e. The van der Waals surface area contributed by atoms with Gasteiger partial charge in [-0.15, -0.1) is 0 Å². The monoisotopic (exact) mass is 416 g/mol. The van der Waals surface area contributed by atoms with Crippen molar-refractivity contribution in [3.63, 3.8) is 0 Å². The Kier molecular flexibility index (Phi) is 4.45. The second-order valence-corrected chi connectivity index (χ2v) is 9.89. The average Bonchev–Trinajstić information content (AvgIpc) is 3.10. The molecule has 1 fully saturated rings. The lowest BCUT2D eigenvalue weighted by atomic mass is 9.70. The summed E-state index contributed by atoms with van der Waals surface area (Å²) in [5, 5.41) is 4.58. The zero-order chi connectivity index (χ0) is 22.1. The summed E-state index contributed by atoms with van der Waals surface area (Å²) in [6, 6.07) is 11.1. The van der Waals surface area contributed by atoms with Crippen molar-refractivity contribution in [1.29, 1.82) is 0 Å². The van der Waals surface area contributed by atoms with E-state index < -0.39 is 0 Å². The van der Waals surface area contributed by atoms with Crippen LogP contribution in [0.1, 0.15) is 67.4 Å². The van der Waals surface area contributed by atoms with E-state index in [1.54, 1.807) is 0 Å². The van der Waals surface area contributed by atoms with Gasteiger partial charge in [-0.05, 0) is 55.7 Å². The molecule has 0 bridgehead atoms. The Hall–Kier alpha value is -2.79. The summed E-state index contributed by atoms with van der Waals surface area (Å²) in [7, 11) is 0. The van der Waals surface area contributed by atoms with Crippen LogP contribution in [0.2, 0.25) is 0 Å². The number of carbonyl (C=O) groups is 1. The summed E-state index contributed by atoms with van der Waals surface area (Å²) >= 11 is 0. The molecule has 0 saturated carbocycles. The molecule has 0 amide bonds. The van der Waals surface area contributed by atoms with Crippen LogP contribution >= 0.6 is 0 Å². The van der Waals surface area contributed by atoms with E-state index in [0.29, 0.717) is 17.8 Å². The van der Waals surface area contributed by atoms with Crippen LogP contribution in [-0.2, 0) is 11.8 Å². The van der Waals surface area contributed by atoms with Gasteiger partial charge < -0.3 is 20.9 Å². The molecule has 0 unspecified atom stereocenters. The maximum absolute atomic E-state index is 13.7. The topological polar surface area (TPSA) is 74.2 Å². The molecule has 162 valence electrons. The zero-order valence-electron chi connectivity index (χ0n) is 19.1. The number of H-pyrrole nitrogens is 1. The fourth-order valence-corrected chi connectivity index (χ4v) is 5.63. The molecular formula is C26H32N4O. The smallest absolute Gasteiger partial charge is 0.195 e. The maximum atomic E-state index is 13.7. The summed E-state index contributed by atoms with van der Waals surface area (Å²) in [5.74, 6) is 0.114. The lowest BCUT2D eigenvalue weighted by Gasteiger charge is -2.40. The van der Waals surface area contributed by atoms with Crippen LogP contribution in [0, 0.1) is 0 Å². The van der Waals surface area contributed by atoms with Gasteiger partial charge in [0, 0.05) is 64.1 Å². The Morgan fingerprint density at radius 1 is 1.13 bits per heavy atom. The predicted molar refractivity (Wildman–Crippen MR) is 128 cm³/mol. The Labute approximate surface area is 184 Å². The van der Waals surface area contributed by atoms with Gasteiger partial charge in [-0.1, -0.05) is 26.8 Å². The van der Waals surface area contributed by atoms with Gasteiger partial charge >= 0.3 is 0 Å². The van der Waals surface area contributed by atoms with Crippen molar-refractivity contribution < 1.29 is 4.79 Å². The van der Waals surface area contributed by atoms with Gasteiger partial charge in [0.05, 0.1) is 5.56 Å². The summed E-state index contributed by atoms with van der Waals surface area (Å²) in [4.78, 5) is 19.8. The number of benzene rings is 2. The highest BCUT2D eigenvalue weighted by Crippen LogP contribution is 2.46. The van der Waals surface area contributed by atoms with Gasteiger partial charge in [0.1, 0.15) is 0 Å². The molecule has 0 radical (unpaired) electrons. The third kappa shape index (κ3) is 2.98. The van der Waals surface area contributed by atoms with Crippen molar-refractivity contribution in [1.82, 2.24) is 10.3 Å². The summed E-state index contributed by atoms with van der Waals surface area (Å²) in [5.41, 5.74) is 13.6. The second-order valence-electron chi connectivity index (χ2n) is 9.89. The van der Waals surface area contributed by atoms with Crippen LogP contribution in [0.4, 0.5) is 11.4 Å². The molecule has 5 rings (SSSR count). The molecule has 2 aromatic carbocycles. The van der Waals surface area contributed by atoms with Crippen molar-refractivity contribution in [3.05, 3.63) is 58.3 Å². The highest BCUT2D eigenvalue weighted by atomic mass is 16.1. The molecule has 1 aliphatic carbocycles. The number of nitrogen functional groups attached to an aromatic ring is 1. The van der Waals surface area contributed by atoms with Crippen LogP contribution < -0.4 is 16.0 Å². The van der Waals surface area contributed by atoms with Crippen LogP contribution in [0.5, 0.6) is 0 Å². The van der Waals surface area contributed by atoms with Crippen LogP contribution in [0.15, 0.2) is 30.3 Å². The molecular weight excluding hydrogens is 384 g/mol. The molecule has 5 heteroatoms. The van der Waals surface area contributed by atoms with Crippen LogP contribution in [0.3, 0.4) is 0 Å². The SMILES string of the molecule is CCc1cc2c(cc1N1C[C@@H](C)N[C@@H](C)C1)C(C)(C)c1[nH]c3cc(N)ccc3c1C2=O. The maximum Gasteiger partial charge on any atom is 0.195 e. The first kappa shape index (κ1) is 20.1. The number of fused-ring (bicyclic) bond motifs is 4. The summed E-state index contributed by atoms with van der Waals surface area (Å²) in [6.07, 6.45) is 0.903. The Bertz CT molecular complexity index is 1200. The minimum atomic E-state index is -0.307. The second kappa shape index (κ2) is 6.86. The lowest BCUT2D eigenvalue weighted by Crippen LogP contribution is -2.54. The van der Waals surface area contributed by atoms with Crippen LogP contribution in [0.25, 0.3) is 10.9 Å². The van der Waals surface area contributed by atoms with Gasteiger partial charge in [0.25, 0.3) is 0 Å². The quantitative estimate of drug-likeness (QED) is 0.543. The number of aromatic amines is 1. The van der Waals surface area contributed by atoms with Gasteiger partial charge in [-0.2, -0.15) is 0 Å². The Morgan fingerprint density at radius 2 is 1.84 bits per heavy atom. The number of aromatic nitrogens is 1. The van der Waals surface area contributed by atoms with E-state index in [9.17, 15) is 4.79 Å².